The molecule has 0 unspecified atom stereocenters. The molecule has 0 fully saturated rings. The van der Waals surface area contributed by atoms with Crippen molar-refractivity contribution in [1.29, 1.82) is 0 Å². The number of ketones is 2. The molecule has 2 aromatic carbocycles. The van der Waals surface area contributed by atoms with Gasteiger partial charge in [-0.05, 0) is 25.3 Å². The average molecular weight is 377 g/mol. The number of nitrogens with one attached hydrogen (secondary N) is 1. The highest BCUT2D eigenvalue weighted by Gasteiger charge is 2.31. The maximum atomic E-state index is 12.9. The van der Waals surface area contributed by atoms with Crippen LogP contribution in [0.25, 0.3) is 0 Å². The van der Waals surface area contributed by atoms with Crippen LogP contribution in [-0.4, -0.2) is 30.7 Å². The smallest absolute Gasteiger partial charge is 0.330 e. The number of fused-ring (bicyclic) bond motifs is 2. The van der Waals surface area contributed by atoms with Gasteiger partial charge in [0, 0.05) is 35.0 Å². The van der Waals surface area contributed by atoms with Gasteiger partial charge in [-0.2, -0.15) is 0 Å². The molecule has 0 aliphatic heterocycles. The summed E-state index contributed by atoms with van der Waals surface area (Å²) in [5, 5.41) is 3.30. The summed E-state index contributed by atoms with van der Waals surface area (Å²) in [4.78, 5) is 36.6. The molecule has 144 valence electrons. The fraction of sp³-hybridized carbons (Fsp3) is 0.261. The van der Waals surface area contributed by atoms with E-state index in [1.807, 2.05) is 6.07 Å². The Labute approximate surface area is 164 Å². The third-order valence-corrected chi connectivity index (χ3v) is 4.75. The largest absolute Gasteiger partial charge is 0.463 e. The van der Waals surface area contributed by atoms with E-state index in [-0.39, 0.29) is 11.6 Å². The Morgan fingerprint density at radius 2 is 1.57 bits per heavy atom. The third-order valence-electron chi connectivity index (χ3n) is 4.75. The van der Waals surface area contributed by atoms with Crippen LogP contribution in [0.2, 0.25) is 0 Å². The molecule has 5 nitrogen and oxygen atoms in total. The SMILES string of the molecule is C=CC(=O)OCCCCCCNc1cccc2c1C(=O)c1ccccc1C2=O. The maximum Gasteiger partial charge on any atom is 0.330 e. The van der Waals surface area contributed by atoms with E-state index in [2.05, 4.69) is 11.9 Å². The first kappa shape index (κ1) is 19.5. The Morgan fingerprint density at radius 1 is 0.893 bits per heavy atom. The van der Waals surface area contributed by atoms with Gasteiger partial charge in [0.2, 0.25) is 0 Å². The molecule has 1 aliphatic carbocycles. The van der Waals surface area contributed by atoms with E-state index in [4.69, 9.17) is 4.74 Å². The molecule has 0 spiro atoms. The topological polar surface area (TPSA) is 72.5 Å². The zero-order valence-corrected chi connectivity index (χ0v) is 15.7. The number of carbonyl (C=O) groups excluding carboxylic acids is 3. The standard InChI is InChI=1S/C23H23NO4/c1-2-20(25)28-15-8-4-3-7-14-24-19-13-9-12-18-21(19)23(27)17-11-6-5-10-16(17)22(18)26/h2,5-6,9-13,24H,1,3-4,7-8,14-15H2. The van der Waals surface area contributed by atoms with Gasteiger partial charge >= 0.3 is 5.97 Å². The molecule has 1 aliphatic rings. The number of ether oxygens (including phenoxy) is 1. The number of carbonyl (C=O) groups is 3. The zero-order valence-electron chi connectivity index (χ0n) is 15.7. The summed E-state index contributed by atoms with van der Waals surface area (Å²) < 4.78 is 4.94. The predicted octanol–water partition coefficient (Wildman–Crippen LogP) is 4.16. The van der Waals surface area contributed by atoms with Crippen LogP contribution in [0.3, 0.4) is 0 Å². The lowest BCUT2D eigenvalue weighted by Crippen LogP contribution is -2.22. The van der Waals surface area contributed by atoms with E-state index >= 15 is 0 Å². The summed E-state index contributed by atoms with van der Waals surface area (Å²) in [5.41, 5.74) is 2.54. The van der Waals surface area contributed by atoms with Gasteiger partial charge in [-0.15, -0.1) is 0 Å². The van der Waals surface area contributed by atoms with Gasteiger partial charge in [-0.3, -0.25) is 9.59 Å². The van der Waals surface area contributed by atoms with Gasteiger partial charge in [0.05, 0.1) is 12.2 Å². The average Bonchev–Trinajstić information content (AvgIpc) is 2.73. The van der Waals surface area contributed by atoms with E-state index in [0.29, 0.717) is 41.1 Å². The molecule has 0 atom stereocenters. The van der Waals surface area contributed by atoms with Gasteiger partial charge in [0.15, 0.2) is 11.6 Å². The van der Waals surface area contributed by atoms with Crippen LogP contribution in [0, 0.1) is 0 Å². The van der Waals surface area contributed by atoms with Crippen molar-refractivity contribution in [3.8, 4) is 0 Å². The highest BCUT2D eigenvalue weighted by Crippen LogP contribution is 2.31. The normalized spacial score (nSPS) is 12.1. The molecule has 0 saturated heterocycles. The summed E-state index contributed by atoms with van der Waals surface area (Å²) in [6, 6.07) is 12.3. The number of anilines is 1. The van der Waals surface area contributed by atoms with Gasteiger partial charge in [0.25, 0.3) is 0 Å². The van der Waals surface area contributed by atoms with Crippen molar-refractivity contribution < 1.29 is 19.1 Å². The Morgan fingerprint density at radius 3 is 2.32 bits per heavy atom. The van der Waals surface area contributed by atoms with Gasteiger partial charge in [-0.1, -0.05) is 49.4 Å². The Balaban J connectivity index is 1.55. The fourth-order valence-corrected chi connectivity index (χ4v) is 3.33. The van der Waals surface area contributed by atoms with Crippen LogP contribution in [0.4, 0.5) is 5.69 Å². The molecular formula is C23H23NO4. The van der Waals surface area contributed by atoms with Crippen LogP contribution in [0.15, 0.2) is 55.1 Å². The number of benzene rings is 2. The van der Waals surface area contributed by atoms with Crippen molar-refractivity contribution in [3.63, 3.8) is 0 Å². The molecule has 5 heteroatoms. The lowest BCUT2D eigenvalue weighted by molar-refractivity contribution is -0.137. The minimum absolute atomic E-state index is 0.108. The predicted molar refractivity (Wildman–Crippen MR) is 108 cm³/mol. The van der Waals surface area contributed by atoms with E-state index in [1.165, 1.54) is 0 Å². The summed E-state index contributed by atoms with van der Waals surface area (Å²) in [7, 11) is 0. The molecule has 0 heterocycles. The highest BCUT2D eigenvalue weighted by molar-refractivity contribution is 6.30. The first-order chi connectivity index (χ1) is 13.6. The molecule has 0 aromatic heterocycles. The quantitative estimate of drug-likeness (QED) is 0.344. The van der Waals surface area contributed by atoms with Crippen molar-refractivity contribution >= 4 is 23.2 Å². The maximum absolute atomic E-state index is 12.9. The van der Waals surface area contributed by atoms with Crippen LogP contribution in [0.5, 0.6) is 0 Å². The molecule has 28 heavy (non-hydrogen) atoms. The Hall–Kier alpha value is -3.21. The minimum atomic E-state index is -0.392. The molecule has 0 saturated carbocycles. The van der Waals surface area contributed by atoms with Crippen molar-refractivity contribution in [2.75, 3.05) is 18.5 Å². The van der Waals surface area contributed by atoms with Crippen molar-refractivity contribution in [2.45, 2.75) is 25.7 Å². The zero-order chi connectivity index (χ0) is 19.9. The number of hydrogen-bond acceptors (Lipinski definition) is 5. The fourth-order valence-electron chi connectivity index (χ4n) is 3.33. The van der Waals surface area contributed by atoms with Crippen molar-refractivity contribution in [2.24, 2.45) is 0 Å². The minimum Gasteiger partial charge on any atom is -0.463 e. The number of hydrogen-bond donors (Lipinski definition) is 1. The summed E-state index contributed by atoms with van der Waals surface area (Å²) in [6.45, 7) is 4.46. The number of unbranched alkanes of at least 4 members (excludes halogenated alkanes) is 3. The monoisotopic (exact) mass is 377 g/mol. The molecule has 0 amide bonds. The van der Waals surface area contributed by atoms with Crippen LogP contribution < -0.4 is 5.32 Å². The highest BCUT2D eigenvalue weighted by atomic mass is 16.5. The molecule has 2 aromatic rings. The van der Waals surface area contributed by atoms with Crippen LogP contribution >= 0.6 is 0 Å². The van der Waals surface area contributed by atoms with Gasteiger partial charge in [0.1, 0.15) is 0 Å². The summed E-state index contributed by atoms with van der Waals surface area (Å²) >= 11 is 0. The molecule has 0 radical (unpaired) electrons. The van der Waals surface area contributed by atoms with Crippen molar-refractivity contribution in [3.05, 3.63) is 77.4 Å². The Bertz CT molecular complexity index is 917. The van der Waals surface area contributed by atoms with Gasteiger partial charge < -0.3 is 10.1 Å². The van der Waals surface area contributed by atoms with Crippen LogP contribution in [0.1, 0.15) is 57.5 Å². The van der Waals surface area contributed by atoms with E-state index in [9.17, 15) is 14.4 Å². The second-order valence-corrected chi connectivity index (χ2v) is 6.64. The van der Waals surface area contributed by atoms with E-state index in [1.54, 1.807) is 36.4 Å². The molecular weight excluding hydrogens is 354 g/mol. The molecule has 3 rings (SSSR count). The second kappa shape index (κ2) is 9.13. The molecule has 1 N–H and O–H groups in total. The molecule has 0 bridgehead atoms. The number of rotatable bonds is 9. The summed E-state index contributed by atoms with van der Waals surface area (Å²) in [6.07, 6.45) is 4.81. The first-order valence-electron chi connectivity index (χ1n) is 9.48. The number of esters is 1. The van der Waals surface area contributed by atoms with E-state index in [0.717, 1.165) is 31.8 Å². The Kier molecular flexibility index (Phi) is 6.37. The first-order valence-corrected chi connectivity index (χ1v) is 9.48. The van der Waals surface area contributed by atoms with Crippen LogP contribution in [-0.2, 0) is 9.53 Å². The van der Waals surface area contributed by atoms with Crippen molar-refractivity contribution in [1.82, 2.24) is 0 Å². The van der Waals surface area contributed by atoms with Gasteiger partial charge in [-0.25, -0.2) is 4.79 Å². The summed E-state index contributed by atoms with van der Waals surface area (Å²) in [5.74, 6) is -0.614. The van der Waals surface area contributed by atoms with E-state index < -0.39 is 5.97 Å². The second-order valence-electron chi connectivity index (χ2n) is 6.64. The lowest BCUT2D eigenvalue weighted by atomic mass is 9.83. The third kappa shape index (κ3) is 4.19. The lowest BCUT2D eigenvalue weighted by Gasteiger charge is -2.20.